The molecule has 4 saturated heterocycles. The topological polar surface area (TPSA) is 190 Å². The van der Waals surface area contributed by atoms with Gasteiger partial charge in [-0.15, -0.1) is 0 Å². The maximum atomic E-state index is 14.4. The molecule has 0 aromatic carbocycles. The minimum absolute atomic E-state index is 0.0816. The number of nitrogens with zero attached hydrogens (tertiary/aromatic N) is 2. The maximum absolute atomic E-state index is 14.4. The van der Waals surface area contributed by atoms with E-state index in [1.54, 1.807) is 41.7 Å². The van der Waals surface area contributed by atoms with Crippen LogP contribution in [0.4, 0.5) is 0 Å². The van der Waals surface area contributed by atoms with Crippen molar-refractivity contribution in [3.8, 4) is 0 Å². The van der Waals surface area contributed by atoms with E-state index >= 15 is 0 Å². The number of likely N-dealkylation sites (N-methyl/N-ethyl adjacent to an activating group) is 1. The second-order valence-electron chi connectivity index (χ2n) is 19.8. The third-order valence-corrected chi connectivity index (χ3v) is 14.9. The number of morpholine rings is 1. The number of hydrogen-bond donors (Lipinski definition) is 2. The third kappa shape index (κ3) is 11.5. The smallest absolute Gasteiger partial charge is 0.311 e. The number of rotatable bonds is 13. The van der Waals surface area contributed by atoms with Crippen molar-refractivity contribution in [2.45, 2.75) is 179 Å². The van der Waals surface area contributed by atoms with Gasteiger partial charge < -0.3 is 62.5 Å². The molecule has 1 aliphatic carbocycles. The number of aliphatic hydroxyl groups excluding tert-OH is 1. The summed E-state index contributed by atoms with van der Waals surface area (Å²) in [5.41, 5.74) is -4.08. The molecule has 0 amide bonds. The Hall–Kier alpha value is -1.87. The molecule has 0 aromatic heterocycles. The highest BCUT2D eigenvalue weighted by Gasteiger charge is 2.70. The van der Waals surface area contributed by atoms with E-state index in [2.05, 4.69) is 9.80 Å². The van der Waals surface area contributed by atoms with Gasteiger partial charge >= 0.3 is 11.9 Å². The quantitative estimate of drug-likeness (QED) is 0.203. The lowest BCUT2D eigenvalue weighted by Crippen LogP contribution is -2.61. The van der Waals surface area contributed by atoms with Crippen molar-refractivity contribution in [2.24, 2.45) is 29.6 Å². The van der Waals surface area contributed by atoms with Crippen LogP contribution in [0.3, 0.4) is 0 Å². The molecule has 0 aromatic rings. The predicted octanol–water partition coefficient (Wildman–Crippen LogP) is 2.98. The molecule has 19 atom stereocenters. The van der Waals surface area contributed by atoms with Gasteiger partial charge in [0.05, 0.1) is 55.3 Å². The van der Waals surface area contributed by atoms with Crippen LogP contribution in [0.15, 0.2) is 0 Å². The van der Waals surface area contributed by atoms with Crippen LogP contribution in [0.5, 0.6) is 0 Å². The van der Waals surface area contributed by atoms with Gasteiger partial charge in [0.2, 0.25) is 0 Å². The summed E-state index contributed by atoms with van der Waals surface area (Å²) < 4.78 is 63.7. The van der Waals surface area contributed by atoms with Gasteiger partial charge in [0, 0.05) is 83.5 Å². The lowest BCUT2D eigenvalue weighted by Gasteiger charge is -2.50. The van der Waals surface area contributed by atoms with Crippen LogP contribution in [0.25, 0.3) is 0 Å². The first-order valence-corrected chi connectivity index (χ1v) is 23.1. The van der Waals surface area contributed by atoms with Gasteiger partial charge in [-0.3, -0.25) is 19.3 Å². The molecule has 2 N–H and O–H groups in total. The molecular formula is C46H80N2O15. The number of ether oxygens (including phenoxy) is 10. The molecule has 5 fully saturated rings. The molecule has 0 spiro atoms. The van der Waals surface area contributed by atoms with Crippen LogP contribution in [-0.4, -0.2) is 190 Å². The number of aliphatic hydroxyl groups is 2. The summed E-state index contributed by atoms with van der Waals surface area (Å²) in [7, 11) is 7.12. The Kier molecular flexibility index (Phi) is 17.7. The predicted molar refractivity (Wildman–Crippen MR) is 229 cm³/mol. The molecule has 5 aliphatic rings. The normalized spacial score (nSPS) is 45.9. The summed E-state index contributed by atoms with van der Waals surface area (Å²) in [6.45, 7) is 22.0. The van der Waals surface area contributed by atoms with Crippen LogP contribution in [0.2, 0.25) is 0 Å². The minimum atomic E-state index is -1.82. The van der Waals surface area contributed by atoms with E-state index in [9.17, 15) is 24.6 Å². The fourth-order valence-corrected chi connectivity index (χ4v) is 10.7. The Balaban J connectivity index is 1.56. The summed E-state index contributed by atoms with van der Waals surface area (Å²) in [5, 5.41) is 23.3. The molecule has 4 heterocycles. The summed E-state index contributed by atoms with van der Waals surface area (Å²) in [6.07, 6.45) is -6.74. The van der Waals surface area contributed by atoms with E-state index < -0.39 is 114 Å². The standard InChI is InChI=1S/C46H80N2O15/c1-25-23-44(9,54-13)39(63-43-37(33(47(11)12)22-26(2)58-43)57-19-15-16-48-17-20-56-21-18-48)28(4)36(61-34-24-45(10,55-14)41(31(7)59-34)60-32(8)49)29(5)42(52)62-40-30(6)46(40,53)38(51)27(3)35(25)50/h25-31,33-34,36-41,43,51,53H,15-24H2,1-14H3/t25-,26-,27+,28+,29-,30?,31+,33+,34+,36+,37-,38-,39-,40-,41+,43+,44+,45-,46+/m1/s1. The number of fused-ring (bicyclic) bond motifs is 1. The molecule has 0 radical (unpaired) electrons. The molecule has 1 saturated carbocycles. The van der Waals surface area contributed by atoms with E-state index in [-0.39, 0.29) is 30.8 Å². The zero-order valence-corrected chi connectivity index (χ0v) is 40.4. The van der Waals surface area contributed by atoms with E-state index in [0.717, 1.165) is 26.1 Å². The van der Waals surface area contributed by atoms with Crippen LogP contribution < -0.4 is 0 Å². The van der Waals surface area contributed by atoms with Gasteiger partial charge in [0.1, 0.15) is 29.2 Å². The molecule has 17 nitrogen and oxygen atoms in total. The number of esters is 2. The van der Waals surface area contributed by atoms with Crippen LogP contribution in [-0.2, 0) is 61.8 Å². The summed E-state index contributed by atoms with van der Waals surface area (Å²) >= 11 is 0. The van der Waals surface area contributed by atoms with Gasteiger partial charge in [0.25, 0.3) is 0 Å². The second kappa shape index (κ2) is 21.4. The zero-order valence-electron chi connectivity index (χ0n) is 40.4. The van der Waals surface area contributed by atoms with Crippen molar-refractivity contribution >= 4 is 17.7 Å². The molecule has 1 unspecified atom stereocenters. The summed E-state index contributed by atoms with van der Waals surface area (Å²) in [4.78, 5) is 45.3. The van der Waals surface area contributed by atoms with E-state index in [0.29, 0.717) is 26.2 Å². The molecule has 364 valence electrons. The van der Waals surface area contributed by atoms with E-state index in [1.807, 2.05) is 41.8 Å². The SMILES string of the molecule is CO[C@]1(C)C[C@H](O[C@H]2[C@H](C)[C@@H](O[C@@H]3O[C@H](C)C[C@H](N(C)C)[C@H]3OCCCN3CCOCC3)[C@@](C)(OC)C[C@@H](C)C(=O)[C@H](C)[C@@H](O)[C@@]3(O)C(C)[C@H]3OC(=O)[C@@H]2C)O[C@@H](C)[C@@H]1OC(C)=O. The summed E-state index contributed by atoms with van der Waals surface area (Å²) in [6, 6.07) is -0.0816. The van der Waals surface area contributed by atoms with Crippen molar-refractivity contribution in [3.63, 3.8) is 0 Å². The molecule has 5 rings (SSSR count). The Labute approximate surface area is 375 Å². The fourth-order valence-electron chi connectivity index (χ4n) is 10.7. The van der Waals surface area contributed by atoms with E-state index in [4.69, 9.17) is 47.4 Å². The Bertz CT molecular complexity index is 1530. The summed E-state index contributed by atoms with van der Waals surface area (Å²) in [5.74, 6) is -5.43. The Morgan fingerprint density at radius 1 is 0.889 bits per heavy atom. The van der Waals surface area contributed by atoms with Crippen molar-refractivity contribution < 1.29 is 72.0 Å². The molecular weight excluding hydrogens is 821 g/mol. The third-order valence-electron chi connectivity index (χ3n) is 14.9. The Morgan fingerprint density at radius 3 is 2.13 bits per heavy atom. The molecule has 4 aliphatic heterocycles. The highest BCUT2D eigenvalue weighted by molar-refractivity contribution is 5.84. The molecule has 17 heteroatoms. The highest BCUT2D eigenvalue weighted by Crippen LogP contribution is 2.52. The van der Waals surface area contributed by atoms with Gasteiger partial charge in [-0.05, 0) is 68.0 Å². The average molecular weight is 901 g/mol. The van der Waals surface area contributed by atoms with Crippen molar-refractivity contribution in [1.82, 2.24) is 9.80 Å². The maximum Gasteiger partial charge on any atom is 0.311 e. The number of ketones is 1. The van der Waals surface area contributed by atoms with Crippen molar-refractivity contribution in [2.75, 3.05) is 67.8 Å². The van der Waals surface area contributed by atoms with Crippen molar-refractivity contribution in [3.05, 3.63) is 0 Å². The fraction of sp³-hybridized carbons (Fsp3) is 0.935. The lowest BCUT2D eigenvalue weighted by molar-refractivity contribution is -0.323. The van der Waals surface area contributed by atoms with Crippen LogP contribution >= 0.6 is 0 Å². The number of carbonyl (C=O) groups excluding carboxylic acids is 3. The van der Waals surface area contributed by atoms with E-state index in [1.165, 1.54) is 14.0 Å². The van der Waals surface area contributed by atoms with Gasteiger partial charge in [-0.2, -0.15) is 0 Å². The number of methoxy groups -OCH3 is 2. The minimum Gasteiger partial charge on any atom is -0.458 e. The Morgan fingerprint density at radius 2 is 1.52 bits per heavy atom. The highest BCUT2D eigenvalue weighted by atomic mass is 16.7. The first-order chi connectivity index (χ1) is 29.5. The monoisotopic (exact) mass is 901 g/mol. The van der Waals surface area contributed by atoms with Gasteiger partial charge in [-0.1, -0.05) is 27.7 Å². The number of carbonyl (C=O) groups is 3. The zero-order chi connectivity index (χ0) is 46.8. The average Bonchev–Trinajstić information content (AvgIpc) is 3.77. The van der Waals surface area contributed by atoms with Gasteiger partial charge in [-0.25, -0.2) is 0 Å². The molecule has 0 bridgehead atoms. The van der Waals surface area contributed by atoms with Crippen LogP contribution in [0.1, 0.15) is 94.9 Å². The van der Waals surface area contributed by atoms with Crippen LogP contribution in [0, 0.1) is 29.6 Å². The number of hydrogen-bond acceptors (Lipinski definition) is 17. The first kappa shape index (κ1) is 52.1. The molecule has 63 heavy (non-hydrogen) atoms. The number of Topliss-reactive ketones (excluding diaryl/α,β-unsaturated/α-hetero) is 1. The van der Waals surface area contributed by atoms with Crippen molar-refractivity contribution in [1.29, 1.82) is 0 Å². The second-order valence-corrected chi connectivity index (χ2v) is 19.8. The largest absolute Gasteiger partial charge is 0.458 e. The van der Waals surface area contributed by atoms with Gasteiger partial charge in [0.15, 0.2) is 18.7 Å². The first-order valence-electron chi connectivity index (χ1n) is 23.1. The lowest BCUT2D eigenvalue weighted by atomic mass is 9.75.